The van der Waals surface area contributed by atoms with Gasteiger partial charge in [0, 0.05) is 21.0 Å². The van der Waals surface area contributed by atoms with E-state index < -0.39 is 71.0 Å². The number of ketones is 1. The van der Waals surface area contributed by atoms with Crippen LogP contribution in [0.4, 0.5) is 30.7 Å². The van der Waals surface area contributed by atoms with Crippen LogP contribution in [0, 0.1) is 0 Å². The van der Waals surface area contributed by atoms with Gasteiger partial charge in [0.1, 0.15) is 29.6 Å². The molecule has 0 saturated carbocycles. The number of esters is 1. The molecule has 0 aliphatic heterocycles. The minimum atomic E-state index is -1.50. The summed E-state index contributed by atoms with van der Waals surface area (Å²) in [5, 5.41) is 23.7. The Bertz CT molecular complexity index is 1630. The number of carboxylic acids is 1. The Kier molecular flexibility index (Phi) is 56.0. The molecule has 3 unspecified atom stereocenters. The van der Waals surface area contributed by atoms with E-state index >= 15 is 0 Å². The standard InChI is InChI=1S/C7H12FNO2.C7H11FO2.C6H12FN3.C6H12FN.C6H11FO.C6H9FO.C5H7FO2.C2H7NO/c1-5(2)6(8)7(10)9(3)11-4;1-4-10-7(9)6(8)5(2)3;1-4(2)6(7)5(3)9-10-8;3*1-4(2)6(7)5(3)8;1-3(2)4(6)5(7)8;1-3-4-2/h1-4H3;4H2,1-3H3;5H,1-3H3,(H2,8,9);5H,8H2,1-3H3;5,8H,1-3H3;1-3H3;1-2H3,(H,7,8);3H,1-2H3. The largest absolute Gasteiger partial charge is 0.476 e. The minimum absolute atomic E-state index is 0.192. The Morgan fingerprint density at radius 1 is 0.627 bits per heavy atom. The summed E-state index contributed by atoms with van der Waals surface area (Å²) in [6, 6.07) is -0.991. The molecule has 0 aromatic carbocycles. The van der Waals surface area contributed by atoms with E-state index in [0.717, 1.165) is 5.06 Å². The summed E-state index contributed by atoms with van der Waals surface area (Å²) in [5.41, 5.74) is 10.8. The number of aliphatic hydroxyl groups excluding tert-OH is 1. The summed E-state index contributed by atoms with van der Waals surface area (Å²) in [4.78, 5) is 50.1. The van der Waals surface area contributed by atoms with Crippen molar-refractivity contribution in [1.29, 1.82) is 0 Å². The number of nitrogens with two attached hydrogens (primary N) is 2. The third-order valence-corrected chi connectivity index (χ3v) is 6.47. The second kappa shape index (κ2) is 47.5. The van der Waals surface area contributed by atoms with Crippen LogP contribution in [0.1, 0.15) is 132 Å². The molecule has 3 atom stereocenters. The Labute approximate surface area is 394 Å². The number of amides is 1. The molecule has 1 amide bonds. The summed E-state index contributed by atoms with van der Waals surface area (Å²) in [5.74, 6) is -3.03. The van der Waals surface area contributed by atoms with Crippen molar-refractivity contribution in [2.24, 2.45) is 21.9 Å². The number of aliphatic carboxylic acids is 1. The van der Waals surface area contributed by atoms with Gasteiger partial charge in [-0.2, -0.15) is 13.9 Å². The molecule has 0 aromatic heterocycles. The summed E-state index contributed by atoms with van der Waals surface area (Å²) < 4.78 is 91.2. The van der Waals surface area contributed by atoms with Gasteiger partial charge in [-0.1, -0.05) is 5.22 Å². The van der Waals surface area contributed by atoms with Gasteiger partial charge in [0.05, 0.1) is 26.9 Å². The van der Waals surface area contributed by atoms with Gasteiger partial charge in [-0.25, -0.2) is 42.1 Å². The number of hydrogen-bond donors (Lipinski definition) is 5. The second-order valence-electron chi connectivity index (χ2n) is 14.6. The number of carbonyl (C=O) groups is 4. The fourth-order valence-corrected chi connectivity index (χ4v) is 2.84. The Balaban J connectivity index is -0.0000001000. The van der Waals surface area contributed by atoms with Gasteiger partial charge in [0.25, 0.3) is 0 Å². The van der Waals surface area contributed by atoms with Crippen molar-refractivity contribution in [3.63, 3.8) is 0 Å². The first-order valence-electron chi connectivity index (χ1n) is 20.1. The SMILES string of the molecule is CC(=O)C(F)=C(C)C.CC(C)=C(F)C(=O)O.CC(C)=C(F)C(C)N.CC(C)=C(F)C(C)N=NN.CC(C)=C(F)C(C)O.CCOC(=O)C(F)=C(C)C.CNOC.CON(C)C(=O)C(F)=C(C)C. The van der Waals surface area contributed by atoms with Gasteiger partial charge in [0.15, 0.2) is 17.4 Å². The molecule has 0 aromatic rings. The van der Waals surface area contributed by atoms with Gasteiger partial charge >= 0.3 is 17.8 Å². The maximum atomic E-state index is 12.8. The van der Waals surface area contributed by atoms with Crippen LogP contribution in [0.3, 0.4) is 0 Å². The highest BCUT2D eigenvalue weighted by Crippen LogP contribution is 2.13. The number of hydroxylamine groups is 3. The Morgan fingerprint density at radius 3 is 1.10 bits per heavy atom. The number of nitrogens with one attached hydrogen (secondary N) is 1. The molecule has 0 aliphatic rings. The van der Waals surface area contributed by atoms with Crippen LogP contribution in [0.25, 0.3) is 0 Å². The highest BCUT2D eigenvalue weighted by Gasteiger charge is 2.15. The molecule has 394 valence electrons. The van der Waals surface area contributed by atoms with Crippen LogP contribution in [-0.4, -0.2) is 92.0 Å². The maximum Gasteiger partial charge on any atom is 0.367 e. The van der Waals surface area contributed by atoms with Gasteiger partial charge in [0.2, 0.25) is 11.7 Å². The molecule has 0 fully saturated rings. The third kappa shape index (κ3) is 51.8. The fraction of sp³-hybridized carbons (Fsp3) is 0.600. The number of allylic oxidation sites excluding steroid dienone is 8. The molecule has 0 radical (unpaired) electrons. The number of carboxylic acid groups (broad SMARTS) is 1. The first kappa shape index (κ1) is 79.1. The minimum Gasteiger partial charge on any atom is -0.476 e. The molecule has 7 N–H and O–H groups in total. The van der Waals surface area contributed by atoms with Gasteiger partial charge in [-0.05, 0) is 164 Å². The Hall–Kier alpha value is -5.03. The molecule has 67 heavy (non-hydrogen) atoms. The Morgan fingerprint density at radius 2 is 0.970 bits per heavy atom. The van der Waals surface area contributed by atoms with E-state index in [1.165, 1.54) is 69.5 Å². The van der Waals surface area contributed by atoms with Crippen LogP contribution in [0.2, 0.25) is 0 Å². The summed E-state index contributed by atoms with van der Waals surface area (Å²) in [7, 11) is 5.93. The van der Waals surface area contributed by atoms with Crippen molar-refractivity contribution >= 4 is 23.6 Å². The van der Waals surface area contributed by atoms with Crippen molar-refractivity contribution in [3.8, 4) is 0 Å². The first-order valence-corrected chi connectivity index (χ1v) is 20.1. The number of carbonyl (C=O) groups excluding carboxylic acids is 3. The van der Waals surface area contributed by atoms with E-state index in [4.69, 9.17) is 21.8 Å². The summed E-state index contributed by atoms with van der Waals surface area (Å²) in [6.45, 7) is 29.7. The third-order valence-electron chi connectivity index (χ3n) is 6.47. The molecular formula is C45H81F7N6O9. The van der Waals surface area contributed by atoms with Crippen molar-refractivity contribution in [2.75, 3.05) is 34.9 Å². The molecular weight excluding hydrogens is 902 g/mol. The summed E-state index contributed by atoms with van der Waals surface area (Å²) >= 11 is 0. The lowest BCUT2D eigenvalue weighted by atomic mass is 10.2. The molecule has 0 heterocycles. The molecule has 0 saturated heterocycles. The second-order valence-corrected chi connectivity index (χ2v) is 14.6. The van der Waals surface area contributed by atoms with Crippen LogP contribution in [-0.2, 0) is 33.6 Å². The number of aliphatic hydroxyl groups is 1. The van der Waals surface area contributed by atoms with E-state index in [-0.39, 0.29) is 23.8 Å². The molecule has 0 rings (SSSR count). The lowest BCUT2D eigenvalue weighted by Crippen LogP contribution is -2.26. The maximum absolute atomic E-state index is 12.8. The van der Waals surface area contributed by atoms with Gasteiger partial charge in [-0.3, -0.25) is 14.4 Å². The highest BCUT2D eigenvalue weighted by atomic mass is 19.2. The van der Waals surface area contributed by atoms with E-state index in [1.54, 1.807) is 90.3 Å². The topological polar surface area (TPSA) is 228 Å². The summed E-state index contributed by atoms with van der Waals surface area (Å²) in [6.07, 6.45) is -0.944. The van der Waals surface area contributed by atoms with E-state index in [1.807, 2.05) is 0 Å². The van der Waals surface area contributed by atoms with Crippen LogP contribution >= 0.6 is 0 Å². The van der Waals surface area contributed by atoms with Crippen molar-refractivity contribution in [1.82, 2.24) is 10.5 Å². The number of likely N-dealkylation sites (N-methyl/N-ethyl adjacent to an activating group) is 1. The number of ether oxygens (including phenoxy) is 1. The van der Waals surface area contributed by atoms with Gasteiger partial charge < -0.3 is 31.4 Å². The number of halogens is 7. The number of Topliss-reactive ketones (excluding diaryl/α,β-unsaturated/α-hetero) is 1. The smallest absolute Gasteiger partial charge is 0.367 e. The first-order chi connectivity index (χ1) is 30.3. The number of nitrogens with zero attached hydrogens (tertiary/aromatic N) is 3. The van der Waals surface area contributed by atoms with Crippen molar-refractivity contribution in [3.05, 3.63) is 79.8 Å². The lowest BCUT2D eigenvalue weighted by Gasteiger charge is -2.12. The number of rotatable bonds is 11. The zero-order chi connectivity index (χ0) is 55.7. The normalized spacial score (nSPS) is 10.4. The average molecular weight is 983 g/mol. The van der Waals surface area contributed by atoms with Crippen molar-refractivity contribution < 1.29 is 74.5 Å². The molecule has 0 bridgehead atoms. The fourth-order valence-electron chi connectivity index (χ4n) is 2.84. The zero-order valence-electron chi connectivity index (χ0n) is 43.8. The van der Waals surface area contributed by atoms with Crippen LogP contribution in [0.15, 0.2) is 90.1 Å². The molecule has 0 spiro atoms. The lowest BCUT2D eigenvalue weighted by molar-refractivity contribution is -0.165. The van der Waals surface area contributed by atoms with Crippen molar-refractivity contribution in [2.45, 2.75) is 150 Å². The quantitative estimate of drug-likeness (QED) is 0.0325. The monoisotopic (exact) mass is 983 g/mol. The number of hydrogen-bond acceptors (Lipinski definition) is 12. The molecule has 0 aliphatic carbocycles. The van der Waals surface area contributed by atoms with Crippen LogP contribution < -0.4 is 17.1 Å². The average Bonchev–Trinajstić information content (AvgIpc) is 3.24. The van der Waals surface area contributed by atoms with E-state index in [2.05, 4.69) is 30.2 Å². The van der Waals surface area contributed by atoms with E-state index in [0.29, 0.717) is 33.4 Å². The highest BCUT2D eigenvalue weighted by molar-refractivity contribution is 5.91. The predicted molar refractivity (Wildman–Crippen MR) is 251 cm³/mol. The molecule has 15 nitrogen and oxygen atoms in total. The zero-order valence-corrected chi connectivity index (χ0v) is 43.8. The molecule has 22 heteroatoms. The van der Waals surface area contributed by atoms with E-state index in [9.17, 15) is 49.9 Å². The predicted octanol–water partition coefficient (Wildman–Crippen LogP) is 11.2. The van der Waals surface area contributed by atoms with Gasteiger partial charge in [-0.15, -0.1) is 0 Å². The van der Waals surface area contributed by atoms with Crippen LogP contribution in [0.5, 0.6) is 0 Å².